The van der Waals surface area contributed by atoms with Crippen molar-refractivity contribution in [3.05, 3.63) is 0 Å². The molecule has 0 bridgehead atoms. The summed E-state index contributed by atoms with van der Waals surface area (Å²) in [4.78, 5) is 2.56. The molecule has 0 aliphatic carbocycles. The Hall–Kier alpha value is 0.137. The van der Waals surface area contributed by atoms with Crippen LogP contribution in [0.2, 0.25) is 24.7 Å². The van der Waals surface area contributed by atoms with Crippen LogP contribution >= 0.6 is 0 Å². The zero-order valence-electron chi connectivity index (χ0n) is 10.7. The second kappa shape index (κ2) is 6.66. The molecule has 0 aromatic heterocycles. The van der Waals surface area contributed by atoms with Gasteiger partial charge in [0.1, 0.15) is 0 Å². The van der Waals surface area contributed by atoms with Crippen LogP contribution in [-0.4, -0.2) is 45.8 Å². The summed E-state index contributed by atoms with van der Waals surface area (Å²) in [5, 5.41) is 0. The van der Waals surface area contributed by atoms with Gasteiger partial charge in [0.15, 0.2) is 0 Å². The van der Waals surface area contributed by atoms with Gasteiger partial charge in [-0.1, -0.05) is 38.5 Å². The average Bonchev–Trinajstić information content (AvgIpc) is 2.30. The largest absolute Gasteiger partial charge is 0.379 e. The zero-order valence-corrected chi connectivity index (χ0v) is 11.7. The molecule has 1 fully saturated rings. The minimum atomic E-state index is -0.840. The van der Waals surface area contributed by atoms with Crippen LogP contribution in [0.5, 0.6) is 0 Å². The standard InChI is InChI=1S/C12H27NOSi/c1-4-15(3,5-2)12-6-7-13-8-10-14-11-9-13/h4-12H2,1-3H3. The fourth-order valence-corrected chi connectivity index (χ4v) is 4.38. The Balaban J connectivity index is 2.14. The topological polar surface area (TPSA) is 12.5 Å². The van der Waals surface area contributed by atoms with Gasteiger partial charge in [-0.2, -0.15) is 0 Å². The van der Waals surface area contributed by atoms with Crippen molar-refractivity contribution in [2.45, 2.75) is 44.9 Å². The minimum Gasteiger partial charge on any atom is -0.379 e. The molecule has 0 amide bonds. The first-order valence-electron chi connectivity index (χ1n) is 6.50. The van der Waals surface area contributed by atoms with E-state index in [0.717, 1.165) is 26.3 Å². The van der Waals surface area contributed by atoms with Gasteiger partial charge in [-0.15, -0.1) is 0 Å². The van der Waals surface area contributed by atoms with Crippen LogP contribution < -0.4 is 0 Å². The lowest BCUT2D eigenvalue weighted by molar-refractivity contribution is 0.0379. The van der Waals surface area contributed by atoms with Crippen molar-refractivity contribution in [3.63, 3.8) is 0 Å². The summed E-state index contributed by atoms with van der Waals surface area (Å²) < 4.78 is 5.36. The van der Waals surface area contributed by atoms with Gasteiger partial charge in [0.05, 0.1) is 13.2 Å². The first-order chi connectivity index (χ1) is 7.20. The molecule has 0 N–H and O–H groups in total. The molecule has 1 aliphatic rings. The van der Waals surface area contributed by atoms with Crippen molar-refractivity contribution < 1.29 is 4.74 Å². The van der Waals surface area contributed by atoms with Crippen molar-refractivity contribution in [2.75, 3.05) is 32.8 Å². The molecule has 0 atom stereocenters. The summed E-state index contributed by atoms with van der Waals surface area (Å²) in [6, 6.07) is 4.41. The third kappa shape index (κ3) is 4.66. The van der Waals surface area contributed by atoms with Gasteiger partial charge < -0.3 is 4.74 Å². The summed E-state index contributed by atoms with van der Waals surface area (Å²) in [5.74, 6) is 0. The molecule has 0 aromatic carbocycles. The second-order valence-corrected chi connectivity index (χ2v) is 10.6. The quantitative estimate of drug-likeness (QED) is 0.649. The van der Waals surface area contributed by atoms with Crippen LogP contribution in [-0.2, 0) is 4.74 Å². The SMILES string of the molecule is CC[Si](C)(CC)CCCN1CCOCC1. The Labute approximate surface area is 96.0 Å². The minimum absolute atomic E-state index is 0.840. The first-order valence-corrected chi connectivity index (χ1v) is 9.62. The van der Waals surface area contributed by atoms with Crippen molar-refractivity contribution in [3.8, 4) is 0 Å². The van der Waals surface area contributed by atoms with E-state index in [1.165, 1.54) is 31.1 Å². The van der Waals surface area contributed by atoms with Gasteiger partial charge in [0, 0.05) is 21.2 Å². The Morgan fingerprint density at radius 2 is 1.73 bits per heavy atom. The Morgan fingerprint density at radius 3 is 2.27 bits per heavy atom. The van der Waals surface area contributed by atoms with Crippen LogP contribution in [0.15, 0.2) is 0 Å². The van der Waals surface area contributed by atoms with Crippen LogP contribution in [0.1, 0.15) is 20.3 Å². The number of morpholine rings is 1. The predicted molar refractivity (Wildman–Crippen MR) is 69.3 cm³/mol. The van der Waals surface area contributed by atoms with Gasteiger partial charge in [-0.3, -0.25) is 4.90 Å². The fourth-order valence-electron chi connectivity index (χ4n) is 2.16. The van der Waals surface area contributed by atoms with E-state index in [9.17, 15) is 0 Å². The first kappa shape index (κ1) is 13.2. The normalized spacial score (nSPS) is 19.4. The number of nitrogens with zero attached hydrogens (tertiary/aromatic N) is 1. The molecule has 3 heteroatoms. The molecule has 2 nitrogen and oxygen atoms in total. The number of ether oxygens (including phenoxy) is 1. The van der Waals surface area contributed by atoms with E-state index in [0.29, 0.717) is 0 Å². The van der Waals surface area contributed by atoms with Gasteiger partial charge in [0.2, 0.25) is 0 Å². The molecule has 1 rings (SSSR count). The van der Waals surface area contributed by atoms with Gasteiger partial charge in [0.25, 0.3) is 0 Å². The predicted octanol–water partition coefficient (Wildman–Crippen LogP) is 2.83. The van der Waals surface area contributed by atoms with Crippen LogP contribution in [0, 0.1) is 0 Å². The molecule has 15 heavy (non-hydrogen) atoms. The molecule has 0 saturated carbocycles. The maximum absolute atomic E-state index is 5.36. The van der Waals surface area contributed by atoms with E-state index in [1.807, 2.05) is 0 Å². The second-order valence-electron chi connectivity index (χ2n) is 5.08. The highest BCUT2D eigenvalue weighted by Crippen LogP contribution is 2.21. The van der Waals surface area contributed by atoms with Crippen molar-refractivity contribution in [1.82, 2.24) is 4.90 Å². The lowest BCUT2D eigenvalue weighted by atomic mass is 10.3. The maximum atomic E-state index is 5.36. The molecule has 90 valence electrons. The molecule has 1 heterocycles. The highest BCUT2D eigenvalue weighted by molar-refractivity contribution is 6.78. The Morgan fingerprint density at radius 1 is 1.13 bits per heavy atom. The monoisotopic (exact) mass is 229 g/mol. The van der Waals surface area contributed by atoms with Crippen molar-refractivity contribution >= 4 is 8.07 Å². The number of hydrogen-bond acceptors (Lipinski definition) is 2. The lowest BCUT2D eigenvalue weighted by Gasteiger charge is -2.29. The van der Waals surface area contributed by atoms with E-state index < -0.39 is 8.07 Å². The van der Waals surface area contributed by atoms with Crippen molar-refractivity contribution in [2.24, 2.45) is 0 Å². The molecular weight excluding hydrogens is 202 g/mol. The highest BCUT2D eigenvalue weighted by Gasteiger charge is 2.22. The van der Waals surface area contributed by atoms with Crippen LogP contribution in [0.4, 0.5) is 0 Å². The van der Waals surface area contributed by atoms with E-state index in [2.05, 4.69) is 25.3 Å². The van der Waals surface area contributed by atoms with E-state index in [4.69, 9.17) is 4.74 Å². The molecule has 0 unspecified atom stereocenters. The van der Waals surface area contributed by atoms with E-state index in [-0.39, 0.29) is 0 Å². The summed E-state index contributed by atoms with van der Waals surface area (Å²) in [6.45, 7) is 12.8. The van der Waals surface area contributed by atoms with Gasteiger partial charge >= 0.3 is 0 Å². The molecule has 0 radical (unpaired) electrons. The zero-order chi connectivity index (χ0) is 11.1. The summed E-state index contributed by atoms with van der Waals surface area (Å²) in [6.07, 6.45) is 1.41. The molecule has 0 aromatic rings. The number of rotatable bonds is 6. The molecular formula is C12H27NOSi. The molecule has 1 saturated heterocycles. The molecule has 1 aliphatic heterocycles. The van der Waals surface area contributed by atoms with Crippen LogP contribution in [0.3, 0.4) is 0 Å². The third-order valence-electron chi connectivity index (χ3n) is 4.07. The van der Waals surface area contributed by atoms with Gasteiger partial charge in [-0.05, 0) is 13.0 Å². The van der Waals surface area contributed by atoms with E-state index in [1.54, 1.807) is 0 Å². The summed E-state index contributed by atoms with van der Waals surface area (Å²) >= 11 is 0. The Bertz CT molecular complexity index is 165. The smallest absolute Gasteiger partial charge is 0.0594 e. The summed E-state index contributed by atoms with van der Waals surface area (Å²) in [7, 11) is -0.840. The summed E-state index contributed by atoms with van der Waals surface area (Å²) in [5.41, 5.74) is 0. The molecule has 0 spiro atoms. The fraction of sp³-hybridized carbons (Fsp3) is 1.00. The van der Waals surface area contributed by atoms with Crippen molar-refractivity contribution in [1.29, 1.82) is 0 Å². The third-order valence-corrected chi connectivity index (χ3v) is 9.04. The van der Waals surface area contributed by atoms with E-state index >= 15 is 0 Å². The lowest BCUT2D eigenvalue weighted by Crippen LogP contribution is -2.38. The maximum Gasteiger partial charge on any atom is 0.0594 e. The highest BCUT2D eigenvalue weighted by atomic mass is 28.3. The van der Waals surface area contributed by atoms with Gasteiger partial charge in [-0.25, -0.2) is 0 Å². The van der Waals surface area contributed by atoms with Crippen LogP contribution in [0.25, 0.3) is 0 Å². The average molecular weight is 229 g/mol. The Kier molecular flexibility index (Phi) is 5.86. The number of hydrogen-bond donors (Lipinski definition) is 0.